The molecule has 1 aromatic carbocycles. The van der Waals surface area contributed by atoms with Crippen molar-refractivity contribution in [2.24, 2.45) is 0 Å². The first kappa shape index (κ1) is 13.4. The van der Waals surface area contributed by atoms with Crippen LogP contribution < -0.4 is 4.74 Å². The normalized spacial score (nSPS) is 24.3. The Balaban J connectivity index is 2.18. The highest BCUT2D eigenvalue weighted by molar-refractivity contribution is 5.39. The maximum absolute atomic E-state index is 10.0. The molecule has 0 unspecified atom stereocenters. The van der Waals surface area contributed by atoms with E-state index in [1.807, 2.05) is 0 Å². The molecule has 2 atom stereocenters. The summed E-state index contributed by atoms with van der Waals surface area (Å²) in [5.74, 6) is 1.40. The molecule has 0 aromatic heterocycles. The van der Waals surface area contributed by atoms with Gasteiger partial charge in [0.2, 0.25) is 0 Å². The maximum atomic E-state index is 10.0. The number of aliphatic hydroxyl groups is 1. The Morgan fingerprint density at radius 1 is 1.22 bits per heavy atom. The molecule has 0 heterocycles. The van der Waals surface area contributed by atoms with Gasteiger partial charge in [-0.2, -0.15) is 0 Å². The van der Waals surface area contributed by atoms with Crippen LogP contribution in [0.1, 0.15) is 56.6 Å². The highest BCUT2D eigenvalue weighted by Crippen LogP contribution is 2.31. The van der Waals surface area contributed by atoms with Crippen LogP contribution >= 0.6 is 0 Å². The second-order valence-electron chi connectivity index (χ2n) is 5.70. The van der Waals surface area contributed by atoms with Crippen molar-refractivity contribution in [3.63, 3.8) is 0 Å². The number of benzene rings is 1. The summed E-state index contributed by atoms with van der Waals surface area (Å²) in [5.41, 5.74) is 2.44. The van der Waals surface area contributed by atoms with Gasteiger partial charge in [0.25, 0.3) is 0 Å². The molecule has 100 valence electrons. The molecule has 2 nitrogen and oxygen atoms in total. The third-order valence-electron chi connectivity index (χ3n) is 3.74. The van der Waals surface area contributed by atoms with Crippen molar-refractivity contribution >= 4 is 0 Å². The lowest BCUT2D eigenvalue weighted by atomic mass is 9.94. The lowest BCUT2D eigenvalue weighted by Crippen LogP contribution is -2.34. The molecule has 18 heavy (non-hydrogen) atoms. The average Bonchev–Trinajstić information content (AvgIpc) is 2.32. The van der Waals surface area contributed by atoms with E-state index in [0.29, 0.717) is 5.92 Å². The van der Waals surface area contributed by atoms with E-state index in [1.165, 1.54) is 11.1 Å². The van der Waals surface area contributed by atoms with Gasteiger partial charge in [0, 0.05) is 0 Å². The average molecular weight is 248 g/mol. The van der Waals surface area contributed by atoms with Crippen molar-refractivity contribution in [1.82, 2.24) is 0 Å². The standard InChI is InChI=1S/C16H24O2/c1-11(2)13-9-8-12(3)10-16(13)18-15-7-5-4-6-14(15)17/h8-11,14-15,17H,4-7H2,1-3H3/t14-,15-/m1/s1. The van der Waals surface area contributed by atoms with E-state index in [-0.39, 0.29) is 12.2 Å². The van der Waals surface area contributed by atoms with Crippen molar-refractivity contribution in [2.75, 3.05) is 0 Å². The molecular weight excluding hydrogens is 224 g/mol. The molecule has 2 heteroatoms. The molecule has 1 aliphatic carbocycles. The summed E-state index contributed by atoms with van der Waals surface area (Å²) < 4.78 is 6.09. The van der Waals surface area contributed by atoms with Crippen LogP contribution in [-0.2, 0) is 0 Å². The van der Waals surface area contributed by atoms with Crippen molar-refractivity contribution in [3.05, 3.63) is 29.3 Å². The van der Waals surface area contributed by atoms with Crippen LogP contribution in [0.2, 0.25) is 0 Å². The number of ether oxygens (including phenoxy) is 1. The van der Waals surface area contributed by atoms with Gasteiger partial charge in [0.05, 0.1) is 6.10 Å². The first-order valence-corrected chi connectivity index (χ1v) is 7.03. The fourth-order valence-corrected chi connectivity index (χ4v) is 2.60. The van der Waals surface area contributed by atoms with E-state index in [0.717, 1.165) is 31.4 Å². The molecule has 1 aliphatic rings. The van der Waals surface area contributed by atoms with E-state index >= 15 is 0 Å². The van der Waals surface area contributed by atoms with Gasteiger partial charge < -0.3 is 9.84 Å². The van der Waals surface area contributed by atoms with Crippen LogP contribution in [0.3, 0.4) is 0 Å². The van der Waals surface area contributed by atoms with Crippen LogP contribution in [0, 0.1) is 6.92 Å². The monoisotopic (exact) mass is 248 g/mol. The summed E-state index contributed by atoms with van der Waals surface area (Å²) >= 11 is 0. The second kappa shape index (κ2) is 5.75. The van der Waals surface area contributed by atoms with Gasteiger partial charge in [0.1, 0.15) is 11.9 Å². The van der Waals surface area contributed by atoms with Gasteiger partial charge in [-0.25, -0.2) is 0 Å². The first-order chi connectivity index (χ1) is 8.58. The van der Waals surface area contributed by atoms with E-state index in [4.69, 9.17) is 4.74 Å². The van der Waals surface area contributed by atoms with E-state index in [1.54, 1.807) is 0 Å². The lowest BCUT2D eigenvalue weighted by Gasteiger charge is -2.29. The number of aryl methyl sites for hydroxylation is 1. The number of aliphatic hydroxyl groups excluding tert-OH is 1. The van der Waals surface area contributed by atoms with Gasteiger partial charge in [-0.1, -0.05) is 32.4 Å². The lowest BCUT2D eigenvalue weighted by molar-refractivity contribution is 0.00627. The van der Waals surface area contributed by atoms with Crippen molar-refractivity contribution in [2.45, 2.75) is 64.6 Å². The third kappa shape index (κ3) is 3.05. The van der Waals surface area contributed by atoms with Crippen LogP contribution in [0.4, 0.5) is 0 Å². The fraction of sp³-hybridized carbons (Fsp3) is 0.625. The molecule has 2 rings (SSSR count). The Bertz CT molecular complexity index is 398. The summed E-state index contributed by atoms with van der Waals surface area (Å²) in [5, 5.41) is 10.0. The van der Waals surface area contributed by atoms with Crippen molar-refractivity contribution in [3.8, 4) is 5.75 Å². The topological polar surface area (TPSA) is 29.5 Å². The molecule has 0 saturated heterocycles. The minimum absolute atomic E-state index is 0.0296. The Labute approximate surface area is 110 Å². The smallest absolute Gasteiger partial charge is 0.124 e. The molecule has 0 aliphatic heterocycles. The summed E-state index contributed by atoms with van der Waals surface area (Å²) in [6, 6.07) is 6.36. The number of hydrogen-bond acceptors (Lipinski definition) is 2. The van der Waals surface area contributed by atoms with E-state index < -0.39 is 0 Å². The maximum Gasteiger partial charge on any atom is 0.124 e. The highest BCUT2D eigenvalue weighted by atomic mass is 16.5. The van der Waals surface area contributed by atoms with Crippen molar-refractivity contribution < 1.29 is 9.84 Å². The van der Waals surface area contributed by atoms with Gasteiger partial charge in [0.15, 0.2) is 0 Å². The molecule has 0 spiro atoms. The predicted octanol–water partition coefficient (Wildman–Crippen LogP) is 3.80. The highest BCUT2D eigenvalue weighted by Gasteiger charge is 2.25. The van der Waals surface area contributed by atoms with Crippen molar-refractivity contribution in [1.29, 1.82) is 0 Å². The Hall–Kier alpha value is -1.02. The summed E-state index contributed by atoms with van der Waals surface area (Å²) in [6.45, 7) is 6.43. The van der Waals surface area contributed by atoms with Gasteiger partial charge in [-0.15, -0.1) is 0 Å². The van der Waals surface area contributed by atoms with E-state index in [2.05, 4.69) is 39.0 Å². The van der Waals surface area contributed by atoms with Gasteiger partial charge >= 0.3 is 0 Å². The summed E-state index contributed by atoms with van der Waals surface area (Å²) in [7, 11) is 0. The zero-order valence-corrected chi connectivity index (χ0v) is 11.6. The molecule has 1 N–H and O–H groups in total. The predicted molar refractivity (Wildman–Crippen MR) is 74.2 cm³/mol. The Kier molecular flexibility index (Phi) is 4.28. The zero-order chi connectivity index (χ0) is 13.1. The second-order valence-corrected chi connectivity index (χ2v) is 5.70. The Morgan fingerprint density at radius 2 is 1.94 bits per heavy atom. The molecule has 0 radical (unpaired) electrons. The zero-order valence-electron chi connectivity index (χ0n) is 11.6. The van der Waals surface area contributed by atoms with Crippen LogP contribution in [0.25, 0.3) is 0 Å². The van der Waals surface area contributed by atoms with Gasteiger partial charge in [-0.3, -0.25) is 0 Å². The van der Waals surface area contributed by atoms with Crippen LogP contribution in [0.5, 0.6) is 5.75 Å². The fourth-order valence-electron chi connectivity index (χ4n) is 2.60. The van der Waals surface area contributed by atoms with Gasteiger partial charge in [-0.05, 0) is 49.3 Å². The SMILES string of the molecule is Cc1ccc(C(C)C)c(O[C@@H]2CCCC[C@H]2O)c1. The number of hydrogen-bond donors (Lipinski definition) is 1. The third-order valence-corrected chi connectivity index (χ3v) is 3.74. The first-order valence-electron chi connectivity index (χ1n) is 7.03. The largest absolute Gasteiger partial charge is 0.487 e. The van der Waals surface area contributed by atoms with E-state index in [9.17, 15) is 5.11 Å². The molecular formula is C16H24O2. The minimum atomic E-state index is -0.306. The summed E-state index contributed by atoms with van der Waals surface area (Å²) in [4.78, 5) is 0. The number of rotatable bonds is 3. The van der Waals surface area contributed by atoms with Crippen LogP contribution in [0.15, 0.2) is 18.2 Å². The molecule has 0 amide bonds. The molecule has 0 bridgehead atoms. The minimum Gasteiger partial charge on any atom is -0.487 e. The molecule has 1 fully saturated rings. The van der Waals surface area contributed by atoms with Crippen LogP contribution in [-0.4, -0.2) is 17.3 Å². The summed E-state index contributed by atoms with van der Waals surface area (Å²) in [6.07, 6.45) is 3.77. The Morgan fingerprint density at radius 3 is 2.61 bits per heavy atom. The molecule has 1 saturated carbocycles. The molecule has 1 aromatic rings. The quantitative estimate of drug-likeness (QED) is 0.881.